The standard InChI is InChI=1S/C6H15N.C3H9N.2BrH/c1-4-7(5-2)6-3;1-4(2)3;;/h4-6H2,1-3H3;1-3H3;2*1H. The third-order valence-electron chi connectivity index (χ3n) is 1.34. The molecule has 0 amide bonds. The highest BCUT2D eigenvalue weighted by molar-refractivity contribution is 8.93. The monoisotopic (exact) mass is 320 g/mol. The first-order valence-electron chi connectivity index (χ1n) is 4.41. The predicted octanol–water partition coefficient (Wildman–Crippen LogP) is 2.68. The van der Waals surface area contributed by atoms with E-state index in [1.54, 1.807) is 0 Å². The third-order valence-corrected chi connectivity index (χ3v) is 1.34. The minimum atomic E-state index is 0. The van der Waals surface area contributed by atoms with Gasteiger partial charge in [-0.3, -0.25) is 0 Å². The summed E-state index contributed by atoms with van der Waals surface area (Å²) in [7, 11) is 6.00. The Morgan fingerprint density at radius 1 is 0.692 bits per heavy atom. The summed E-state index contributed by atoms with van der Waals surface area (Å²) in [5.41, 5.74) is 0. The molecule has 0 spiro atoms. The molecular formula is C9H26Br2N2. The molecule has 0 fully saturated rings. The summed E-state index contributed by atoms with van der Waals surface area (Å²) in [6.45, 7) is 10.1. The lowest BCUT2D eigenvalue weighted by atomic mass is 10.5. The molecule has 0 bridgehead atoms. The Bertz CT molecular complexity index is 58.4. The van der Waals surface area contributed by atoms with Crippen LogP contribution in [-0.4, -0.2) is 50.6 Å². The number of hydrogen-bond acceptors (Lipinski definition) is 2. The topological polar surface area (TPSA) is 6.48 Å². The summed E-state index contributed by atoms with van der Waals surface area (Å²) in [6, 6.07) is 0. The van der Waals surface area contributed by atoms with E-state index in [9.17, 15) is 0 Å². The van der Waals surface area contributed by atoms with Crippen LogP contribution in [0.15, 0.2) is 0 Å². The smallest absolute Gasteiger partial charge is 0.00474 e. The van der Waals surface area contributed by atoms with Crippen molar-refractivity contribution in [1.82, 2.24) is 9.80 Å². The molecule has 0 saturated heterocycles. The maximum Gasteiger partial charge on any atom is -0.00474 e. The Hall–Kier alpha value is 0.880. The molecule has 0 atom stereocenters. The van der Waals surface area contributed by atoms with Gasteiger partial charge in [-0.15, -0.1) is 34.0 Å². The van der Waals surface area contributed by atoms with Crippen molar-refractivity contribution in [2.45, 2.75) is 20.8 Å². The van der Waals surface area contributed by atoms with E-state index in [1.165, 1.54) is 19.6 Å². The maximum absolute atomic E-state index is 2.38. The van der Waals surface area contributed by atoms with Crippen molar-refractivity contribution in [3.05, 3.63) is 0 Å². The van der Waals surface area contributed by atoms with Gasteiger partial charge in [0.15, 0.2) is 0 Å². The van der Waals surface area contributed by atoms with E-state index >= 15 is 0 Å². The van der Waals surface area contributed by atoms with Gasteiger partial charge in [0, 0.05) is 0 Å². The van der Waals surface area contributed by atoms with Crippen LogP contribution >= 0.6 is 34.0 Å². The second-order valence-corrected chi connectivity index (χ2v) is 2.96. The molecule has 4 heteroatoms. The zero-order chi connectivity index (χ0) is 9.28. The molecule has 13 heavy (non-hydrogen) atoms. The number of hydrogen-bond donors (Lipinski definition) is 0. The summed E-state index contributed by atoms with van der Waals surface area (Å²) in [5, 5.41) is 0. The van der Waals surface area contributed by atoms with Crippen LogP contribution in [0.25, 0.3) is 0 Å². The molecule has 0 heterocycles. The van der Waals surface area contributed by atoms with Crippen molar-refractivity contribution in [3.8, 4) is 0 Å². The van der Waals surface area contributed by atoms with Crippen LogP contribution in [0.2, 0.25) is 0 Å². The molecular weight excluding hydrogens is 296 g/mol. The quantitative estimate of drug-likeness (QED) is 0.788. The van der Waals surface area contributed by atoms with Crippen LogP contribution in [0.5, 0.6) is 0 Å². The van der Waals surface area contributed by atoms with Gasteiger partial charge in [0.05, 0.1) is 0 Å². The average Bonchev–Trinajstić information content (AvgIpc) is 1.90. The molecule has 0 radical (unpaired) electrons. The molecule has 0 saturated carbocycles. The van der Waals surface area contributed by atoms with Gasteiger partial charge in [-0.25, -0.2) is 0 Å². The number of rotatable bonds is 3. The van der Waals surface area contributed by atoms with E-state index in [0.717, 1.165) is 0 Å². The molecule has 0 rings (SSSR count). The second-order valence-electron chi connectivity index (χ2n) is 2.96. The summed E-state index contributed by atoms with van der Waals surface area (Å²) in [5.74, 6) is 0. The lowest BCUT2D eigenvalue weighted by Gasteiger charge is -2.13. The fourth-order valence-electron chi connectivity index (χ4n) is 0.671. The predicted molar refractivity (Wildman–Crippen MR) is 73.7 cm³/mol. The van der Waals surface area contributed by atoms with Crippen LogP contribution in [0.3, 0.4) is 0 Å². The Balaban J connectivity index is -0.0000000600. The zero-order valence-electron chi connectivity index (χ0n) is 9.83. The van der Waals surface area contributed by atoms with Crippen molar-refractivity contribution in [2.75, 3.05) is 40.8 Å². The summed E-state index contributed by atoms with van der Waals surface area (Å²) >= 11 is 0. The van der Waals surface area contributed by atoms with E-state index in [2.05, 4.69) is 25.7 Å². The highest BCUT2D eigenvalue weighted by atomic mass is 79.9. The van der Waals surface area contributed by atoms with E-state index in [-0.39, 0.29) is 34.0 Å². The molecule has 0 unspecified atom stereocenters. The fraction of sp³-hybridized carbons (Fsp3) is 1.00. The molecule has 86 valence electrons. The molecule has 0 aliphatic heterocycles. The van der Waals surface area contributed by atoms with Crippen LogP contribution in [0, 0.1) is 0 Å². The van der Waals surface area contributed by atoms with Gasteiger partial charge < -0.3 is 9.80 Å². The van der Waals surface area contributed by atoms with Gasteiger partial charge in [-0.1, -0.05) is 20.8 Å². The first-order chi connectivity index (χ1) is 5.08. The first-order valence-corrected chi connectivity index (χ1v) is 4.41. The molecule has 0 N–H and O–H groups in total. The largest absolute Gasteiger partial charge is 0.312 e. The minimum absolute atomic E-state index is 0. The van der Waals surface area contributed by atoms with Crippen molar-refractivity contribution >= 4 is 34.0 Å². The van der Waals surface area contributed by atoms with Gasteiger partial charge in [-0.05, 0) is 40.8 Å². The Morgan fingerprint density at radius 3 is 0.846 bits per heavy atom. The molecule has 0 aliphatic carbocycles. The van der Waals surface area contributed by atoms with Crippen LogP contribution in [0.1, 0.15) is 20.8 Å². The van der Waals surface area contributed by atoms with Crippen LogP contribution < -0.4 is 0 Å². The van der Waals surface area contributed by atoms with E-state index in [1.807, 2.05) is 26.0 Å². The Morgan fingerprint density at radius 2 is 0.846 bits per heavy atom. The number of halogens is 2. The normalized spacial score (nSPS) is 8.31. The third kappa shape index (κ3) is 32.2. The zero-order valence-corrected chi connectivity index (χ0v) is 13.3. The first kappa shape index (κ1) is 23.6. The second kappa shape index (κ2) is 18.6. The molecule has 0 aromatic rings. The molecule has 0 aliphatic rings. The fourth-order valence-corrected chi connectivity index (χ4v) is 0.671. The van der Waals surface area contributed by atoms with Gasteiger partial charge in [-0.2, -0.15) is 0 Å². The molecule has 0 aromatic heterocycles. The minimum Gasteiger partial charge on any atom is -0.312 e. The van der Waals surface area contributed by atoms with Gasteiger partial charge in [0.25, 0.3) is 0 Å². The lowest BCUT2D eigenvalue weighted by Crippen LogP contribution is -2.21. The SMILES string of the molecule is Br.Br.CCN(CC)CC.CN(C)C. The van der Waals surface area contributed by atoms with E-state index in [0.29, 0.717) is 0 Å². The van der Waals surface area contributed by atoms with Gasteiger partial charge in [0.2, 0.25) is 0 Å². The Labute approximate surface area is 105 Å². The summed E-state index contributed by atoms with van der Waals surface area (Å²) < 4.78 is 0. The number of nitrogens with zero attached hydrogens (tertiary/aromatic N) is 2. The summed E-state index contributed by atoms with van der Waals surface area (Å²) in [4.78, 5) is 4.38. The average molecular weight is 322 g/mol. The summed E-state index contributed by atoms with van der Waals surface area (Å²) in [6.07, 6.45) is 0. The highest BCUT2D eigenvalue weighted by Crippen LogP contribution is 1.81. The van der Waals surface area contributed by atoms with Crippen molar-refractivity contribution < 1.29 is 0 Å². The Kier molecular flexibility index (Phi) is 33.8. The molecule has 2 nitrogen and oxygen atoms in total. The maximum atomic E-state index is 2.38. The lowest BCUT2D eigenvalue weighted by molar-refractivity contribution is 0.321. The van der Waals surface area contributed by atoms with Crippen molar-refractivity contribution in [2.24, 2.45) is 0 Å². The van der Waals surface area contributed by atoms with Gasteiger partial charge in [0.1, 0.15) is 0 Å². The van der Waals surface area contributed by atoms with Crippen molar-refractivity contribution in [3.63, 3.8) is 0 Å². The van der Waals surface area contributed by atoms with Crippen LogP contribution in [-0.2, 0) is 0 Å². The van der Waals surface area contributed by atoms with E-state index in [4.69, 9.17) is 0 Å². The van der Waals surface area contributed by atoms with Crippen molar-refractivity contribution in [1.29, 1.82) is 0 Å². The van der Waals surface area contributed by atoms with Gasteiger partial charge >= 0.3 is 0 Å². The van der Waals surface area contributed by atoms with Crippen LogP contribution in [0.4, 0.5) is 0 Å². The molecule has 0 aromatic carbocycles. The highest BCUT2D eigenvalue weighted by Gasteiger charge is 1.89. The van der Waals surface area contributed by atoms with E-state index < -0.39 is 0 Å².